The largest absolute Gasteiger partial charge is 0.305 e. The molecule has 138 valence electrons. The molecule has 1 aromatic heterocycles. The van der Waals surface area contributed by atoms with Gasteiger partial charge in [0.15, 0.2) is 11.0 Å². The van der Waals surface area contributed by atoms with Gasteiger partial charge in [0.05, 0.1) is 6.04 Å². The Morgan fingerprint density at radius 1 is 1.20 bits per heavy atom. The Bertz CT molecular complexity index is 688. The Labute approximate surface area is 164 Å². The van der Waals surface area contributed by atoms with Crippen LogP contribution in [0, 0.1) is 0 Å². The van der Waals surface area contributed by atoms with E-state index in [1.54, 1.807) is 17.8 Å². The van der Waals surface area contributed by atoms with E-state index in [1.807, 2.05) is 12.1 Å². The van der Waals surface area contributed by atoms with Gasteiger partial charge in [0, 0.05) is 22.3 Å². The lowest BCUT2D eigenvalue weighted by molar-refractivity contribution is 0.270. The minimum Gasteiger partial charge on any atom is -0.305 e. The van der Waals surface area contributed by atoms with Gasteiger partial charge in [-0.1, -0.05) is 61.3 Å². The highest BCUT2D eigenvalue weighted by Crippen LogP contribution is 2.30. The fourth-order valence-electron chi connectivity index (χ4n) is 2.74. The number of benzene rings is 1. The monoisotopic (exact) mass is 400 g/mol. The molecule has 0 spiro atoms. The van der Waals surface area contributed by atoms with Gasteiger partial charge in [0.2, 0.25) is 0 Å². The molecule has 0 saturated heterocycles. The normalized spacial score (nSPS) is 12.8. The third-order valence-corrected chi connectivity index (χ3v) is 5.76. The van der Waals surface area contributed by atoms with Crippen LogP contribution in [0.4, 0.5) is 0 Å². The first-order valence-electron chi connectivity index (χ1n) is 8.64. The van der Waals surface area contributed by atoms with Crippen molar-refractivity contribution in [3.63, 3.8) is 0 Å². The summed E-state index contributed by atoms with van der Waals surface area (Å²) in [4.78, 5) is 2.21. The van der Waals surface area contributed by atoms with E-state index in [4.69, 9.17) is 23.2 Å². The first-order chi connectivity index (χ1) is 12.0. The second-order valence-corrected chi connectivity index (χ2v) is 8.04. The number of aromatic nitrogens is 3. The van der Waals surface area contributed by atoms with Gasteiger partial charge in [0.1, 0.15) is 0 Å². The second kappa shape index (κ2) is 9.81. The SMILES string of the molecule is CCCCn1c(SCc2ccc(Cl)cc2Cl)nnc1C(CC)N(C)C. The van der Waals surface area contributed by atoms with Gasteiger partial charge in [-0.3, -0.25) is 4.90 Å². The maximum absolute atomic E-state index is 6.29. The lowest BCUT2D eigenvalue weighted by Gasteiger charge is -2.23. The Kier molecular flexibility index (Phi) is 8.07. The molecule has 2 rings (SSSR count). The van der Waals surface area contributed by atoms with Crippen molar-refractivity contribution in [3.05, 3.63) is 39.6 Å². The fraction of sp³-hybridized carbons (Fsp3) is 0.556. The molecule has 1 aromatic carbocycles. The van der Waals surface area contributed by atoms with Crippen LogP contribution in [-0.2, 0) is 12.3 Å². The molecule has 25 heavy (non-hydrogen) atoms. The van der Waals surface area contributed by atoms with Crippen LogP contribution in [0.5, 0.6) is 0 Å². The van der Waals surface area contributed by atoms with Crippen molar-refractivity contribution in [3.8, 4) is 0 Å². The topological polar surface area (TPSA) is 34.0 Å². The third kappa shape index (κ3) is 5.36. The van der Waals surface area contributed by atoms with Gasteiger partial charge in [-0.05, 0) is 44.6 Å². The maximum atomic E-state index is 6.29. The van der Waals surface area contributed by atoms with Crippen molar-refractivity contribution in [1.29, 1.82) is 0 Å². The Morgan fingerprint density at radius 2 is 1.96 bits per heavy atom. The second-order valence-electron chi connectivity index (χ2n) is 6.26. The zero-order valence-corrected chi connectivity index (χ0v) is 17.6. The Morgan fingerprint density at radius 3 is 2.56 bits per heavy atom. The summed E-state index contributed by atoms with van der Waals surface area (Å²) in [6.45, 7) is 5.33. The zero-order chi connectivity index (χ0) is 18.4. The quantitative estimate of drug-likeness (QED) is 0.506. The number of nitrogens with zero attached hydrogens (tertiary/aromatic N) is 4. The molecule has 2 aromatic rings. The van der Waals surface area contributed by atoms with Gasteiger partial charge >= 0.3 is 0 Å². The summed E-state index contributed by atoms with van der Waals surface area (Å²) in [5, 5.41) is 11.3. The highest BCUT2D eigenvalue weighted by atomic mass is 35.5. The van der Waals surface area contributed by atoms with E-state index < -0.39 is 0 Å². The predicted molar refractivity (Wildman–Crippen MR) is 108 cm³/mol. The van der Waals surface area contributed by atoms with Gasteiger partial charge in [-0.15, -0.1) is 10.2 Å². The van der Waals surface area contributed by atoms with E-state index in [9.17, 15) is 0 Å². The van der Waals surface area contributed by atoms with E-state index in [0.29, 0.717) is 10.0 Å². The van der Waals surface area contributed by atoms with Crippen molar-refractivity contribution in [1.82, 2.24) is 19.7 Å². The van der Waals surface area contributed by atoms with Crippen LogP contribution in [0.2, 0.25) is 10.0 Å². The predicted octanol–water partition coefficient (Wildman–Crippen LogP) is 5.69. The lowest BCUT2D eigenvalue weighted by atomic mass is 10.2. The molecule has 1 atom stereocenters. The number of rotatable bonds is 9. The van der Waals surface area contributed by atoms with E-state index >= 15 is 0 Å². The summed E-state index contributed by atoms with van der Waals surface area (Å²) in [7, 11) is 4.18. The van der Waals surface area contributed by atoms with Crippen LogP contribution in [-0.4, -0.2) is 33.8 Å². The number of unbranched alkanes of at least 4 members (excludes halogenated alkanes) is 1. The summed E-state index contributed by atoms with van der Waals surface area (Å²) in [6, 6.07) is 5.90. The average molecular weight is 401 g/mol. The molecule has 0 saturated carbocycles. The van der Waals surface area contributed by atoms with E-state index in [1.165, 1.54) is 0 Å². The van der Waals surface area contributed by atoms with Crippen LogP contribution in [0.25, 0.3) is 0 Å². The standard InChI is InChI=1S/C18H26Cl2N4S/c1-5-7-10-24-17(16(6-2)23(3)4)21-22-18(24)25-12-13-8-9-14(19)11-15(13)20/h8-9,11,16H,5-7,10,12H2,1-4H3. The number of hydrogen-bond acceptors (Lipinski definition) is 4. The molecule has 0 bridgehead atoms. The molecular weight excluding hydrogens is 375 g/mol. The van der Waals surface area contributed by atoms with Crippen LogP contribution in [0.15, 0.2) is 23.4 Å². The van der Waals surface area contributed by atoms with Crippen LogP contribution >= 0.6 is 35.0 Å². The molecule has 0 amide bonds. The molecule has 1 heterocycles. The van der Waals surface area contributed by atoms with Gasteiger partial charge in [-0.25, -0.2) is 0 Å². The Balaban J connectivity index is 2.22. The first-order valence-corrected chi connectivity index (χ1v) is 10.4. The van der Waals surface area contributed by atoms with E-state index in [-0.39, 0.29) is 6.04 Å². The number of thioether (sulfide) groups is 1. The van der Waals surface area contributed by atoms with Crippen molar-refractivity contribution >= 4 is 35.0 Å². The maximum Gasteiger partial charge on any atom is 0.191 e. The van der Waals surface area contributed by atoms with E-state index in [0.717, 1.165) is 48.1 Å². The summed E-state index contributed by atoms with van der Waals surface area (Å²) in [6.07, 6.45) is 3.26. The minimum absolute atomic E-state index is 0.276. The van der Waals surface area contributed by atoms with Crippen LogP contribution in [0.3, 0.4) is 0 Å². The molecule has 4 nitrogen and oxygen atoms in total. The van der Waals surface area contributed by atoms with Crippen molar-refractivity contribution in [2.45, 2.75) is 56.6 Å². The molecule has 0 fully saturated rings. The van der Waals surface area contributed by atoms with Crippen LogP contribution < -0.4 is 0 Å². The highest BCUT2D eigenvalue weighted by Gasteiger charge is 2.21. The van der Waals surface area contributed by atoms with E-state index in [2.05, 4.69) is 47.6 Å². The fourth-order valence-corrected chi connectivity index (χ4v) is 4.27. The summed E-state index contributed by atoms with van der Waals surface area (Å²) in [5.41, 5.74) is 1.06. The number of hydrogen-bond donors (Lipinski definition) is 0. The lowest BCUT2D eigenvalue weighted by Crippen LogP contribution is -2.23. The Hall–Kier alpha value is -0.750. The molecule has 0 aliphatic heterocycles. The molecule has 1 unspecified atom stereocenters. The zero-order valence-electron chi connectivity index (χ0n) is 15.3. The van der Waals surface area contributed by atoms with Gasteiger partial charge in [-0.2, -0.15) is 0 Å². The molecule has 7 heteroatoms. The van der Waals surface area contributed by atoms with Gasteiger partial charge in [0.25, 0.3) is 0 Å². The molecular formula is C18H26Cl2N4S. The summed E-state index contributed by atoms with van der Waals surface area (Å²) >= 11 is 13.9. The van der Waals surface area contributed by atoms with Crippen molar-refractivity contribution in [2.75, 3.05) is 14.1 Å². The van der Waals surface area contributed by atoms with Crippen molar-refractivity contribution < 1.29 is 0 Å². The summed E-state index contributed by atoms with van der Waals surface area (Å²) in [5.74, 6) is 1.80. The van der Waals surface area contributed by atoms with Gasteiger partial charge < -0.3 is 4.57 Å². The number of halogens is 2. The first kappa shape index (κ1) is 20.6. The molecule has 0 aliphatic carbocycles. The third-order valence-electron chi connectivity index (χ3n) is 4.16. The molecule has 0 aliphatic rings. The molecule has 0 N–H and O–H groups in total. The molecule has 0 radical (unpaired) electrons. The van der Waals surface area contributed by atoms with Crippen LogP contribution in [0.1, 0.15) is 50.5 Å². The minimum atomic E-state index is 0.276. The highest BCUT2D eigenvalue weighted by molar-refractivity contribution is 7.98. The smallest absolute Gasteiger partial charge is 0.191 e. The van der Waals surface area contributed by atoms with Crippen molar-refractivity contribution in [2.24, 2.45) is 0 Å². The average Bonchev–Trinajstić information content (AvgIpc) is 2.95. The summed E-state index contributed by atoms with van der Waals surface area (Å²) < 4.78 is 2.27.